The van der Waals surface area contributed by atoms with Gasteiger partial charge in [-0.25, -0.2) is 4.39 Å². The minimum Gasteiger partial charge on any atom is -0.330 e. The first-order valence-electron chi connectivity index (χ1n) is 7.15. The third kappa shape index (κ3) is 2.97. The molecule has 114 valence electrons. The van der Waals surface area contributed by atoms with Crippen LogP contribution in [0.3, 0.4) is 0 Å². The lowest BCUT2D eigenvalue weighted by molar-refractivity contribution is -0.119. The number of aryl methyl sites for hydroxylation is 1. The zero-order chi connectivity index (χ0) is 15.8. The van der Waals surface area contributed by atoms with E-state index in [0.717, 1.165) is 5.71 Å². The van der Waals surface area contributed by atoms with Crippen LogP contribution in [0.1, 0.15) is 32.8 Å². The van der Waals surface area contributed by atoms with Gasteiger partial charge in [-0.3, -0.25) is 4.79 Å². The van der Waals surface area contributed by atoms with Crippen molar-refractivity contribution in [1.82, 2.24) is 0 Å². The summed E-state index contributed by atoms with van der Waals surface area (Å²) in [5.41, 5.74) is 7.58. The van der Waals surface area contributed by atoms with Crippen LogP contribution >= 0.6 is 0 Å². The second-order valence-electron chi connectivity index (χ2n) is 6.45. The van der Waals surface area contributed by atoms with E-state index in [2.05, 4.69) is 5.10 Å². The summed E-state index contributed by atoms with van der Waals surface area (Å²) >= 11 is 0. The Balaban J connectivity index is 2.45. The maximum Gasteiger partial charge on any atom is 0.256 e. The summed E-state index contributed by atoms with van der Waals surface area (Å²) in [6.45, 7) is 8.30. The Morgan fingerprint density at radius 1 is 1.38 bits per heavy atom. The summed E-state index contributed by atoms with van der Waals surface area (Å²) in [6, 6.07) is 4.35. The summed E-state index contributed by atoms with van der Waals surface area (Å²) < 4.78 is 13.2. The standard InChI is InChI=1S/C16H22FN3O/c1-10-9-11(17)5-6-13(10)20-15(21)12(7-8-18)14(19-20)16(2,3)4/h5-6,9,12H,7-8,18H2,1-4H3. The molecule has 0 aromatic heterocycles. The molecule has 1 aromatic carbocycles. The Morgan fingerprint density at radius 2 is 2.05 bits per heavy atom. The molecule has 0 bridgehead atoms. The van der Waals surface area contributed by atoms with Gasteiger partial charge in [0.05, 0.1) is 17.3 Å². The molecule has 1 amide bonds. The molecule has 0 saturated carbocycles. The van der Waals surface area contributed by atoms with Gasteiger partial charge in [0.25, 0.3) is 5.91 Å². The highest BCUT2D eigenvalue weighted by Gasteiger charge is 2.41. The second-order valence-corrected chi connectivity index (χ2v) is 6.45. The van der Waals surface area contributed by atoms with Crippen molar-refractivity contribution in [2.75, 3.05) is 11.6 Å². The molecular weight excluding hydrogens is 269 g/mol. The minimum absolute atomic E-state index is 0.0833. The molecule has 0 aliphatic carbocycles. The molecular formula is C16H22FN3O. The van der Waals surface area contributed by atoms with E-state index in [1.54, 1.807) is 13.0 Å². The number of hydrogen-bond acceptors (Lipinski definition) is 3. The zero-order valence-electron chi connectivity index (χ0n) is 13.0. The topological polar surface area (TPSA) is 58.7 Å². The van der Waals surface area contributed by atoms with Gasteiger partial charge in [-0.1, -0.05) is 20.8 Å². The van der Waals surface area contributed by atoms with Gasteiger partial charge in [-0.05, 0) is 43.7 Å². The number of carbonyl (C=O) groups excluding carboxylic acids is 1. The van der Waals surface area contributed by atoms with Crippen molar-refractivity contribution >= 4 is 17.3 Å². The first-order chi connectivity index (χ1) is 9.75. The summed E-state index contributed by atoms with van der Waals surface area (Å²) in [5.74, 6) is -0.694. The van der Waals surface area contributed by atoms with Gasteiger partial charge in [0, 0.05) is 5.41 Å². The van der Waals surface area contributed by atoms with E-state index in [9.17, 15) is 9.18 Å². The van der Waals surface area contributed by atoms with Crippen molar-refractivity contribution in [2.24, 2.45) is 22.2 Å². The van der Waals surface area contributed by atoms with Gasteiger partial charge in [0.2, 0.25) is 0 Å². The SMILES string of the molecule is Cc1cc(F)ccc1N1N=C(C(C)(C)C)C(CCN)C1=O. The summed E-state index contributed by atoms with van der Waals surface area (Å²) in [4.78, 5) is 12.7. The fraction of sp³-hybridized carbons (Fsp3) is 0.500. The highest BCUT2D eigenvalue weighted by atomic mass is 19.1. The van der Waals surface area contributed by atoms with Gasteiger partial charge in [-0.2, -0.15) is 10.1 Å². The molecule has 2 N–H and O–H groups in total. The van der Waals surface area contributed by atoms with E-state index < -0.39 is 0 Å². The number of amides is 1. The van der Waals surface area contributed by atoms with E-state index in [1.807, 2.05) is 20.8 Å². The first-order valence-corrected chi connectivity index (χ1v) is 7.15. The van der Waals surface area contributed by atoms with Crippen molar-refractivity contribution in [1.29, 1.82) is 0 Å². The van der Waals surface area contributed by atoms with E-state index >= 15 is 0 Å². The van der Waals surface area contributed by atoms with E-state index in [0.29, 0.717) is 24.2 Å². The average molecular weight is 291 g/mol. The Bertz CT molecular complexity index is 590. The van der Waals surface area contributed by atoms with Gasteiger partial charge in [-0.15, -0.1) is 0 Å². The van der Waals surface area contributed by atoms with Crippen LogP contribution in [0.25, 0.3) is 0 Å². The number of nitrogens with two attached hydrogens (primary N) is 1. The van der Waals surface area contributed by atoms with Crippen LogP contribution < -0.4 is 10.7 Å². The molecule has 1 unspecified atom stereocenters. The number of rotatable bonds is 3. The molecule has 1 aliphatic heterocycles. The maximum absolute atomic E-state index is 13.2. The van der Waals surface area contributed by atoms with Crippen LogP contribution in [0.5, 0.6) is 0 Å². The quantitative estimate of drug-likeness (QED) is 0.931. The van der Waals surface area contributed by atoms with Crippen molar-refractivity contribution in [3.05, 3.63) is 29.6 Å². The molecule has 2 rings (SSSR count). The zero-order valence-corrected chi connectivity index (χ0v) is 13.0. The summed E-state index contributed by atoms with van der Waals surface area (Å²) in [5, 5.41) is 5.92. The fourth-order valence-electron chi connectivity index (χ4n) is 2.62. The van der Waals surface area contributed by atoms with Crippen molar-refractivity contribution < 1.29 is 9.18 Å². The van der Waals surface area contributed by atoms with Gasteiger partial charge in [0.1, 0.15) is 5.82 Å². The highest BCUT2D eigenvalue weighted by Crippen LogP contribution is 2.34. The summed E-state index contributed by atoms with van der Waals surface area (Å²) in [6.07, 6.45) is 0.575. The summed E-state index contributed by atoms with van der Waals surface area (Å²) in [7, 11) is 0. The van der Waals surface area contributed by atoms with Crippen molar-refractivity contribution in [3.63, 3.8) is 0 Å². The van der Waals surface area contributed by atoms with Crippen LogP contribution in [0, 0.1) is 24.1 Å². The van der Waals surface area contributed by atoms with Crippen LogP contribution in [0.15, 0.2) is 23.3 Å². The number of halogens is 1. The van der Waals surface area contributed by atoms with Crippen LogP contribution in [-0.2, 0) is 4.79 Å². The predicted octanol–water partition coefficient (Wildman–Crippen LogP) is 2.85. The normalized spacial score (nSPS) is 19.1. The van der Waals surface area contributed by atoms with Crippen LogP contribution in [-0.4, -0.2) is 18.2 Å². The Kier molecular flexibility index (Phi) is 4.14. The number of carbonyl (C=O) groups is 1. The molecule has 1 aliphatic rings. The molecule has 0 spiro atoms. The second kappa shape index (κ2) is 5.56. The van der Waals surface area contributed by atoms with Crippen LogP contribution in [0.2, 0.25) is 0 Å². The lowest BCUT2D eigenvalue weighted by Crippen LogP contribution is -2.33. The molecule has 4 nitrogen and oxygen atoms in total. The predicted molar refractivity (Wildman–Crippen MR) is 82.7 cm³/mol. The molecule has 1 heterocycles. The first kappa shape index (κ1) is 15.6. The molecule has 21 heavy (non-hydrogen) atoms. The van der Waals surface area contributed by atoms with Gasteiger partial charge in [0.15, 0.2) is 0 Å². The lowest BCUT2D eigenvalue weighted by atomic mass is 9.81. The Hall–Kier alpha value is -1.75. The third-order valence-corrected chi connectivity index (χ3v) is 3.66. The van der Waals surface area contributed by atoms with E-state index in [1.165, 1.54) is 17.1 Å². The number of hydrazone groups is 1. The minimum atomic E-state index is -0.318. The molecule has 1 aromatic rings. The van der Waals surface area contributed by atoms with E-state index in [4.69, 9.17) is 5.73 Å². The number of nitrogens with zero attached hydrogens (tertiary/aromatic N) is 2. The molecule has 5 heteroatoms. The molecule has 0 fully saturated rings. The van der Waals surface area contributed by atoms with Crippen molar-refractivity contribution in [2.45, 2.75) is 34.1 Å². The molecule has 0 saturated heterocycles. The maximum atomic E-state index is 13.2. The van der Waals surface area contributed by atoms with Gasteiger partial charge >= 0.3 is 0 Å². The van der Waals surface area contributed by atoms with Gasteiger partial charge < -0.3 is 5.73 Å². The highest BCUT2D eigenvalue weighted by molar-refractivity contribution is 6.17. The number of hydrogen-bond donors (Lipinski definition) is 1. The van der Waals surface area contributed by atoms with E-state index in [-0.39, 0.29) is 23.1 Å². The largest absolute Gasteiger partial charge is 0.330 e. The fourth-order valence-corrected chi connectivity index (χ4v) is 2.62. The average Bonchev–Trinajstić information content (AvgIpc) is 2.68. The third-order valence-electron chi connectivity index (χ3n) is 3.66. The smallest absolute Gasteiger partial charge is 0.256 e. The lowest BCUT2D eigenvalue weighted by Gasteiger charge is -2.21. The monoisotopic (exact) mass is 291 g/mol. The van der Waals surface area contributed by atoms with Crippen LogP contribution in [0.4, 0.5) is 10.1 Å². The number of benzene rings is 1. The number of anilines is 1. The van der Waals surface area contributed by atoms with Crippen molar-refractivity contribution in [3.8, 4) is 0 Å². The molecule has 0 radical (unpaired) electrons. The molecule has 1 atom stereocenters. The Morgan fingerprint density at radius 3 is 2.57 bits per heavy atom. The Labute approximate surface area is 124 Å².